The number of nitrogens with zero attached hydrogens (tertiary/aromatic N) is 1. The minimum Gasteiger partial charge on any atom is -0.465 e. The zero-order valence-corrected chi connectivity index (χ0v) is 10.7. The van der Waals surface area contributed by atoms with Crippen LogP contribution in [-0.4, -0.2) is 41.9 Å². The van der Waals surface area contributed by atoms with E-state index in [-0.39, 0.29) is 22.7 Å². The van der Waals surface area contributed by atoms with Crippen molar-refractivity contribution in [3.63, 3.8) is 0 Å². The van der Waals surface area contributed by atoms with E-state index in [0.29, 0.717) is 12.6 Å². The van der Waals surface area contributed by atoms with Crippen LogP contribution in [-0.2, 0) is 14.3 Å². The van der Waals surface area contributed by atoms with Crippen LogP contribution in [0.3, 0.4) is 0 Å². The highest BCUT2D eigenvalue weighted by Gasteiger charge is 2.38. The van der Waals surface area contributed by atoms with Crippen molar-refractivity contribution >= 4 is 23.8 Å². The molecule has 0 aromatic heterocycles. The monoisotopic (exact) mass is 256 g/mol. The summed E-state index contributed by atoms with van der Waals surface area (Å²) >= 11 is 1.63. The van der Waals surface area contributed by atoms with E-state index in [9.17, 15) is 4.79 Å². The number of nitrogens with one attached hydrogen (secondary N) is 1. The molecule has 0 saturated carbocycles. The van der Waals surface area contributed by atoms with E-state index >= 15 is 0 Å². The molecular formula is C11H16N2O3S. The van der Waals surface area contributed by atoms with Gasteiger partial charge in [0.1, 0.15) is 12.6 Å². The van der Waals surface area contributed by atoms with Crippen LogP contribution in [0.1, 0.15) is 13.8 Å². The van der Waals surface area contributed by atoms with Crippen molar-refractivity contribution in [1.82, 2.24) is 5.32 Å². The van der Waals surface area contributed by atoms with Crippen molar-refractivity contribution < 1.29 is 14.3 Å². The van der Waals surface area contributed by atoms with Crippen LogP contribution in [0.15, 0.2) is 4.99 Å². The molecule has 2 aliphatic heterocycles. The second-order valence-electron chi connectivity index (χ2n) is 3.80. The summed E-state index contributed by atoms with van der Waals surface area (Å²) in [6.45, 7) is 4.60. The number of hydrogen-bond donors (Lipinski definition) is 1. The highest BCUT2D eigenvalue weighted by atomic mass is 32.2. The Balaban J connectivity index is 1.80. The molecule has 1 saturated heterocycles. The summed E-state index contributed by atoms with van der Waals surface area (Å²) in [5.74, 6) is -0.252. The fourth-order valence-corrected chi connectivity index (χ4v) is 2.77. The number of amidine groups is 1. The van der Waals surface area contributed by atoms with Gasteiger partial charge in [0.2, 0.25) is 0 Å². The fourth-order valence-electron chi connectivity index (χ4n) is 1.64. The van der Waals surface area contributed by atoms with Crippen molar-refractivity contribution in [1.29, 1.82) is 0 Å². The number of fused-ring (bicyclic) bond motifs is 1. The molecule has 0 bridgehead atoms. The first-order valence-electron chi connectivity index (χ1n) is 5.64. The maximum absolute atomic E-state index is 10.7. The largest absolute Gasteiger partial charge is 0.465 e. The van der Waals surface area contributed by atoms with Crippen LogP contribution in [0, 0.1) is 12.8 Å². The van der Waals surface area contributed by atoms with E-state index in [1.54, 1.807) is 11.8 Å². The predicted molar refractivity (Wildman–Crippen MR) is 66.4 cm³/mol. The minimum atomic E-state index is -0.252. The van der Waals surface area contributed by atoms with Gasteiger partial charge in [-0.2, -0.15) is 0 Å². The average molecular weight is 256 g/mol. The van der Waals surface area contributed by atoms with Gasteiger partial charge in [0.15, 0.2) is 5.44 Å². The summed E-state index contributed by atoms with van der Waals surface area (Å²) in [5.41, 5.74) is -0.00499. The van der Waals surface area contributed by atoms with Crippen LogP contribution in [0.5, 0.6) is 0 Å². The molecule has 1 fully saturated rings. The summed E-state index contributed by atoms with van der Waals surface area (Å²) in [6.07, 6.45) is 4.04. The molecule has 0 aromatic rings. The van der Waals surface area contributed by atoms with Crippen LogP contribution in [0.2, 0.25) is 0 Å². The van der Waals surface area contributed by atoms with Gasteiger partial charge >= 0.3 is 5.97 Å². The third-order valence-electron chi connectivity index (χ3n) is 2.38. The molecule has 2 heterocycles. The number of hydrogen-bond acceptors (Lipinski definition) is 6. The van der Waals surface area contributed by atoms with Crippen molar-refractivity contribution in [2.24, 2.45) is 4.99 Å². The Bertz CT molecular complexity index is 322. The molecular weight excluding hydrogens is 240 g/mol. The number of esters is 1. The Kier molecular flexibility index (Phi) is 4.15. The highest BCUT2D eigenvalue weighted by Crippen LogP contribution is 2.36. The molecule has 2 rings (SSSR count). The maximum atomic E-state index is 10.7. The van der Waals surface area contributed by atoms with Gasteiger partial charge in [0, 0.05) is 18.7 Å². The molecule has 5 nitrogen and oxygen atoms in total. The van der Waals surface area contributed by atoms with Gasteiger partial charge < -0.3 is 14.8 Å². The second kappa shape index (κ2) is 5.62. The Morgan fingerprint density at radius 1 is 1.65 bits per heavy atom. The molecule has 3 atom stereocenters. The lowest BCUT2D eigenvalue weighted by Crippen LogP contribution is -2.33. The van der Waals surface area contributed by atoms with Gasteiger partial charge in [-0.15, -0.1) is 11.8 Å². The van der Waals surface area contributed by atoms with E-state index in [2.05, 4.69) is 10.3 Å². The lowest BCUT2D eigenvalue weighted by atomic mass is 10.1. The second-order valence-corrected chi connectivity index (χ2v) is 5.15. The number of carbonyl (C=O) groups excluding carboxylic acids is 1. The molecule has 0 unspecified atom stereocenters. The van der Waals surface area contributed by atoms with E-state index < -0.39 is 0 Å². The molecule has 6 heteroatoms. The quantitative estimate of drug-likeness (QED) is 0.756. The molecule has 0 aliphatic carbocycles. The smallest absolute Gasteiger partial charge is 0.302 e. The Hall–Kier alpha value is -0.910. The van der Waals surface area contributed by atoms with Gasteiger partial charge in [-0.3, -0.25) is 4.79 Å². The number of carbonyl (C=O) groups is 1. The summed E-state index contributed by atoms with van der Waals surface area (Å²) in [7, 11) is 0. The standard InChI is InChI=1S/C11H16N2O3S/c1-3-12-11-13-9-5-4-8(6-15-7(2)14)17-10(9)16-11/h4-5,8-10H,3,6H2,1-2H3,(H,12,13)/t8-,9-,10+/m1/s1. The van der Waals surface area contributed by atoms with Gasteiger partial charge in [0.05, 0.1) is 0 Å². The van der Waals surface area contributed by atoms with Gasteiger partial charge in [-0.25, -0.2) is 4.99 Å². The molecule has 0 spiro atoms. The third kappa shape index (κ3) is 3.28. The fraction of sp³-hybridized carbons (Fsp3) is 0.636. The van der Waals surface area contributed by atoms with Crippen LogP contribution < -0.4 is 5.32 Å². The van der Waals surface area contributed by atoms with E-state index in [1.807, 2.05) is 19.8 Å². The van der Waals surface area contributed by atoms with Crippen molar-refractivity contribution in [2.75, 3.05) is 13.2 Å². The summed E-state index contributed by atoms with van der Waals surface area (Å²) in [4.78, 5) is 15.1. The lowest BCUT2D eigenvalue weighted by molar-refractivity contribution is -0.140. The van der Waals surface area contributed by atoms with Crippen LogP contribution >= 0.6 is 11.8 Å². The zero-order valence-electron chi connectivity index (χ0n) is 9.88. The Labute approximate surface area is 105 Å². The lowest BCUT2D eigenvalue weighted by Gasteiger charge is -2.27. The first-order chi connectivity index (χ1) is 8.19. The molecule has 0 amide bonds. The maximum Gasteiger partial charge on any atom is 0.302 e. The number of rotatable bonds is 3. The first kappa shape index (κ1) is 12.5. The minimum absolute atomic E-state index is 0.00499. The number of ether oxygens (including phenoxy) is 2. The molecule has 0 aromatic carbocycles. The molecule has 17 heavy (non-hydrogen) atoms. The molecule has 2 aliphatic rings. The Morgan fingerprint density at radius 2 is 2.47 bits per heavy atom. The van der Waals surface area contributed by atoms with Gasteiger partial charge in [-0.05, 0) is 19.8 Å². The SMILES string of the molecule is CCNC1=N[C@@H]2[CH][CH][C@H](COC(C)=O)S[C@@H]2O1. The molecule has 1 N–H and O–H groups in total. The predicted octanol–water partition coefficient (Wildman–Crippen LogP) is 0.764. The Morgan fingerprint density at radius 3 is 3.18 bits per heavy atom. The number of thioether (sulfide) groups is 1. The average Bonchev–Trinajstić information content (AvgIpc) is 2.68. The van der Waals surface area contributed by atoms with E-state index in [4.69, 9.17) is 9.47 Å². The van der Waals surface area contributed by atoms with Crippen LogP contribution in [0.4, 0.5) is 0 Å². The first-order valence-corrected chi connectivity index (χ1v) is 6.59. The summed E-state index contributed by atoms with van der Waals surface area (Å²) < 4.78 is 10.6. The van der Waals surface area contributed by atoms with Gasteiger partial charge in [-0.1, -0.05) is 0 Å². The van der Waals surface area contributed by atoms with Crippen molar-refractivity contribution in [3.05, 3.63) is 12.8 Å². The van der Waals surface area contributed by atoms with Crippen molar-refractivity contribution in [3.8, 4) is 0 Å². The van der Waals surface area contributed by atoms with Gasteiger partial charge in [0.25, 0.3) is 6.02 Å². The highest BCUT2D eigenvalue weighted by molar-refractivity contribution is 8.00. The van der Waals surface area contributed by atoms with E-state index in [1.165, 1.54) is 6.92 Å². The van der Waals surface area contributed by atoms with Crippen molar-refractivity contribution in [2.45, 2.75) is 30.6 Å². The summed E-state index contributed by atoms with van der Waals surface area (Å²) in [5, 5.41) is 3.21. The topological polar surface area (TPSA) is 59.9 Å². The molecule has 2 radical (unpaired) electrons. The summed E-state index contributed by atoms with van der Waals surface area (Å²) in [6, 6.07) is 0.676. The van der Waals surface area contributed by atoms with E-state index in [0.717, 1.165) is 6.54 Å². The molecule has 94 valence electrons. The third-order valence-corrected chi connectivity index (χ3v) is 3.67. The zero-order chi connectivity index (χ0) is 12.3. The number of aliphatic imine (C=N–C) groups is 1. The normalized spacial score (nSPS) is 31.2. The van der Waals surface area contributed by atoms with Crippen LogP contribution in [0.25, 0.3) is 0 Å².